The Hall–Kier alpha value is -2.41. The lowest BCUT2D eigenvalue weighted by Gasteiger charge is -2.34. The van der Waals surface area contributed by atoms with Gasteiger partial charge in [-0.25, -0.2) is 4.98 Å². The van der Waals surface area contributed by atoms with Crippen LogP contribution in [0.15, 0.2) is 35.2 Å². The second kappa shape index (κ2) is 7.54. The topological polar surface area (TPSA) is 68.7 Å². The zero-order chi connectivity index (χ0) is 19.7. The van der Waals surface area contributed by atoms with Crippen molar-refractivity contribution in [1.29, 1.82) is 0 Å². The van der Waals surface area contributed by atoms with E-state index in [1.807, 2.05) is 35.4 Å². The third-order valence-corrected chi connectivity index (χ3v) is 6.57. The van der Waals surface area contributed by atoms with Gasteiger partial charge in [0.2, 0.25) is 0 Å². The summed E-state index contributed by atoms with van der Waals surface area (Å²) >= 11 is 1.51. The Morgan fingerprint density at radius 2 is 2.21 bits per heavy atom. The largest absolute Gasteiger partial charge is 0.494 e. The summed E-state index contributed by atoms with van der Waals surface area (Å²) in [7, 11) is 1.43. The number of nitrogens with zero attached hydrogens (tertiary/aromatic N) is 2. The average molecular weight is 401 g/mol. The van der Waals surface area contributed by atoms with Crippen LogP contribution in [0.25, 0.3) is 0 Å². The molecule has 6 nitrogen and oxygen atoms in total. The van der Waals surface area contributed by atoms with Crippen LogP contribution >= 0.6 is 11.3 Å². The highest BCUT2D eigenvalue weighted by Gasteiger charge is 2.62. The molecule has 2 aliphatic rings. The van der Waals surface area contributed by atoms with Crippen LogP contribution < -0.4 is 4.74 Å². The minimum Gasteiger partial charge on any atom is -0.494 e. The molecule has 2 aromatic rings. The molecule has 2 aliphatic heterocycles. The summed E-state index contributed by atoms with van der Waals surface area (Å²) in [5.74, 6) is 0.397. The first-order valence-electron chi connectivity index (χ1n) is 9.60. The van der Waals surface area contributed by atoms with Crippen LogP contribution in [0.5, 0.6) is 5.75 Å². The predicted molar refractivity (Wildman–Crippen MR) is 105 cm³/mol. The van der Waals surface area contributed by atoms with Gasteiger partial charge < -0.3 is 14.4 Å². The molecule has 2 fully saturated rings. The number of fused-ring (bicyclic) bond motifs is 2. The Bertz CT molecular complexity index is 869. The zero-order valence-corrected chi connectivity index (χ0v) is 16.9. The molecule has 4 rings (SSSR count). The molecule has 148 valence electrons. The molecule has 0 aliphatic carbocycles. The average Bonchev–Trinajstić information content (AvgIpc) is 3.43. The van der Waals surface area contributed by atoms with Gasteiger partial charge in [-0.3, -0.25) is 9.59 Å². The molecule has 0 N–H and O–H groups in total. The fourth-order valence-corrected chi connectivity index (χ4v) is 5.42. The molecule has 7 heteroatoms. The Morgan fingerprint density at radius 3 is 2.93 bits per heavy atom. The fourth-order valence-electron chi connectivity index (χ4n) is 4.86. The van der Waals surface area contributed by atoms with Crippen molar-refractivity contribution in [3.8, 4) is 5.75 Å². The lowest BCUT2D eigenvalue weighted by Crippen LogP contribution is -2.47. The summed E-state index contributed by atoms with van der Waals surface area (Å²) in [6.07, 6.45) is 2.85. The normalized spacial score (nSPS) is 25.7. The Kier molecular flexibility index (Phi) is 5.10. The third-order valence-electron chi connectivity index (χ3n) is 5.94. The summed E-state index contributed by atoms with van der Waals surface area (Å²) in [5, 5.41) is 1.97. The number of methoxy groups -OCH3 is 1. The highest BCUT2D eigenvalue weighted by atomic mass is 32.1. The molecule has 1 aromatic carbocycles. The van der Waals surface area contributed by atoms with E-state index in [9.17, 15) is 9.59 Å². The lowest BCUT2D eigenvalue weighted by molar-refractivity contribution is -0.154. The highest BCUT2D eigenvalue weighted by Crippen LogP contribution is 2.52. The standard InChI is InChI=1S/C21H24N2O4S/c1-3-27-17-6-4-5-14(9-17)19(24)23-16-7-8-18(23)21(11-16,20(25)26-2)10-15-12-28-13-22-15/h4-6,9,12-13,16,18H,3,7-8,10-11H2,1-2H3/t16-,18+,21+/m1/s1. The molecule has 28 heavy (non-hydrogen) atoms. The zero-order valence-electron chi connectivity index (χ0n) is 16.1. The van der Waals surface area contributed by atoms with Crippen molar-refractivity contribution < 1.29 is 19.1 Å². The summed E-state index contributed by atoms with van der Waals surface area (Å²) < 4.78 is 10.7. The molecular weight excluding hydrogens is 376 g/mol. The maximum absolute atomic E-state index is 13.4. The van der Waals surface area contributed by atoms with E-state index in [2.05, 4.69) is 4.98 Å². The maximum Gasteiger partial charge on any atom is 0.314 e. The second-order valence-electron chi connectivity index (χ2n) is 7.43. The van der Waals surface area contributed by atoms with Crippen LogP contribution in [-0.2, 0) is 16.0 Å². The minimum atomic E-state index is -0.723. The Balaban J connectivity index is 1.65. The van der Waals surface area contributed by atoms with E-state index >= 15 is 0 Å². The SMILES string of the molecule is CCOc1cccc(C(=O)N2[C@@H]3CC[C@H]2[C@@](Cc2cscn2)(C(=O)OC)C3)c1. The predicted octanol–water partition coefficient (Wildman–Crippen LogP) is 3.32. The number of ether oxygens (including phenoxy) is 2. The highest BCUT2D eigenvalue weighted by molar-refractivity contribution is 7.07. The quantitative estimate of drug-likeness (QED) is 0.696. The minimum absolute atomic E-state index is 0.0434. The number of esters is 1. The van der Waals surface area contributed by atoms with E-state index in [1.165, 1.54) is 18.4 Å². The van der Waals surface area contributed by atoms with E-state index in [0.717, 1.165) is 18.5 Å². The Labute approximate surface area is 168 Å². The van der Waals surface area contributed by atoms with Gasteiger partial charge >= 0.3 is 5.97 Å². The van der Waals surface area contributed by atoms with Gasteiger partial charge in [-0.2, -0.15) is 0 Å². The molecule has 1 aromatic heterocycles. The monoisotopic (exact) mass is 400 g/mol. The van der Waals surface area contributed by atoms with Crippen molar-refractivity contribution in [3.05, 3.63) is 46.4 Å². The first-order chi connectivity index (χ1) is 13.6. The second-order valence-corrected chi connectivity index (χ2v) is 8.15. The first kappa shape index (κ1) is 18.9. The number of amides is 1. The van der Waals surface area contributed by atoms with E-state index in [4.69, 9.17) is 9.47 Å². The molecule has 0 saturated carbocycles. The fraction of sp³-hybridized carbons (Fsp3) is 0.476. The first-order valence-corrected chi connectivity index (χ1v) is 10.5. The van der Waals surface area contributed by atoms with Crippen molar-refractivity contribution in [3.63, 3.8) is 0 Å². The number of hydrogen-bond donors (Lipinski definition) is 0. The summed E-state index contributed by atoms with van der Waals surface area (Å²) in [5.41, 5.74) is 2.53. The number of hydrogen-bond acceptors (Lipinski definition) is 6. The number of benzene rings is 1. The number of thiazole rings is 1. The lowest BCUT2D eigenvalue weighted by atomic mass is 9.71. The van der Waals surface area contributed by atoms with Gasteiger partial charge in [-0.05, 0) is 44.4 Å². The van der Waals surface area contributed by atoms with Gasteiger partial charge in [0.05, 0.1) is 30.3 Å². The number of carbonyl (C=O) groups is 2. The molecule has 0 radical (unpaired) electrons. The molecular formula is C21H24N2O4S. The van der Waals surface area contributed by atoms with E-state index < -0.39 is 5.41 Å². The summed E-state index contributed by atoms with van der Waals surface area (Å²) in [6.45, 7) is 2.46. The van der Waals surface area contributed by atoms with Gasteiger partial charge in [-0.1, -0.05) is 6.07 Å². The number of aromatic nitrogens is 1. The summed E-state index contributed by atoms with van der Waals surface area (Å²) in [4.78, 5) is 32.5. The van der Waals surface area contributed by atoms with Gasteiger partial charge in [-0.15, -0.1) is 11.3 Å². The van der Waals surface area contributed by atoms with Crippen molar-refractivity contribution in [1.82, 2.24) is 9.88 Å². The van der Waals surface area contributed by atoms with Crippen molar-refractivity contribution in [2.24, 2.45) is 5.41 Å². The number of carbonyl (C=O) groups excluding carboxylic acids is 2. The molecule has 3 atom stereocenters. The van der Waals surface area contributed by atoms with Gasteiger partial charge in [0.25, 0.3) is 5.91 Å². The molecule has 2 bridgehead atoms. The number of rotatable bonds is 6. The van der Waals surface area contributed by atoms with Crippen LogP contribution in [0.3, 0.4) is 0 Å². The van der Waals surface area contributed by atoms with Gasteiger partial charge in [0.15, 0.2) is 0 Å². The summed E-state index contributed by atoms with van der Waals surface area (Å²) in [6, 6.07) is 7.15. The molecule has 2 saturated heterocycles. The molecule has 0 unspecified atom stereocenters. The van der Waals surface area contributed by atoms with E-state index in [0.29, 0.717) is 30.8 Å². The molecule has 0 spiro atoms. The Morgan fingerprint density at radius 1 is 1.36 bits per heavy atom. The third kappa shape index (κ3) is 3.07. The van der Waals surface area contributed by atoms with Crippen LogP contribution in [0.2, 0.25) is 0 Å². The van der Waals surface area contributed by atoms with E-state index in [-0.39, 0.29) is 24.0 Å². The maximum atomic E-state index is 13.4. The van der Waals surface area contributed by atoms with E-state index in [1.54, 1.807) is 11.6 Å². The van der Waals surface area contributed by atoms with Gasteiger partial charge in [0.1, 0.15) is 5.75 Å². The van der Waals surface area contributed by atoms with Crippen LogP contribution in [0, 0.1) is 5.41 Å². The van der Waals surface area contributed by atoms with Crippen molar-refractivity contribution >= 4 is 23.2 Å². The van der Waals surface area contributed by atoms with Crippen LogP contribution in [0.1, 0.15) is 42.2 Å². The molecule has 1 amide bonds. The van der Waals surface area contributed by atoms with Crippen LogP contribution in [0.4, 0.5) is 0 Å². The smallest absolute Gasteiger partial charge is 0.314 e. The van der Waals surface area contributed by atoms with Gasteiger partial charge in [0, 0.05) is 29.4 Å². The van der Waals surface area contributed by atoms with Crippen LogP contribution in [-0.4, -0.2) is 47.6 Å². The molecule has 3 heterocycles. The van der Waals surface area contributed by atoms with Crippen molar-refractivity contribution in [2.45, 2.75) is 44.7 Å². The van der Waals surface area contributed by atoms with Crippen molar-refractivity contribution in [2.75, 3.05) is 13.7 Å².